The van der Waals surface area contributed by atoms with Crippen molar-refractivity contribution in [1.29, 1.82) is 0 Å². The number of hydrogen-bond acceptors (Lipinski definition) is 7. The average Bonchev–Trinajstić information content (AvgIpc) is 2.77. The molecule has 0 aliphatic carbocycles. The lowest BCUT2D eigenvalue weighted by Gasteiger charge is -2.15. The molecule has 1 N–H and O–H groups in total. The largest absolute Gasteiger partial charge is 0.493 e. The number of hydrogen-bond donors (Lipinski definition) is 1. The molecule has 0 radical (unpaired) electrons. The van der Waals surface area contributed by atoms with Crippen LogP contribution in [0.5, 0.6) is 23.0 Å². The van der Waals surface area contributed by atoms with Gasteiger partial charge in [-0.2, -0.15) is 0 Å². The number of fused-ring (bicyclic) bond motifs is 1. The van der Waals surface area contributed by atoms with Crippen LogP contribution < -0.4 is 23.7 Å². The highest BCUT2D eigenvalue weighted by atomic mass is 32.2. The molecular weight excluding hydrogens is 408 g/mol. The van der Waals surface area contributed by atoms with E-state index in [0.29, 0.717) is 46.1 Å². The number of ether oxygens (including phenoxy) is 4. The Kier molecular flexibility index (Phi) is 6.63. The van der Waals surface area contributed by atoms with E-state index in [1.54, 1.807) is 36.5 Å². The molecule has 30 heavy (non-hydrogen) atoms. The van der Waals surface area contributed by atoms with Crippen molar-refractivity contribution in [3.8, 4) is 23.0 Å². The lowest BCUT2D eigenvalue weighted by Crippen LogP contribution is -2.23. The zero-order valence-corrected chi connectivity index (χ0v) is 18.1. The van der Waals surface area contributed by atoms with Gasteiger partial charge in [0, 0.05) is 18.1 Å². The highest BCUT2D eigenvalue weighted by Gasteiger charge is 2.21. The Balaban J connectivity index is 1.94. The standard InChI is InChI=1S/C21H24N2O6S/c1-5-29-16-8-9-19(15-7-6-10-22-20(15)16)30(24,25)23-13-14-11-17(26-2)21(28-4)18(12-14)27-3/h6-12,23H,5,13H2,1-4H3. The summed E-state index contributed by atoms with van der Waals surface area (Å²) < 4.78 is 50.3. The molecular formula is C21H24N2O6S. The summed E-state index contributed by atoms with van der Waals surface area (Å²) in [6.07, 6.45) is 1.60. The minimum atomic E-state index is -3.83. The second-order valence-electron chi connectivity index (χ2n) is 6.25. The van der Waals surface area contributed by atoms with E-state index in [-0.39, 0.29) is 11.4 Å². The van der Waals surface area contributed by atoms with Crippen LogP contribution >= 0.6 is 0 Å². The van der Waals surface area contributed by atoms with Crippen LogP contribution in [-0.4, -0.2) is 41.3 Å². The molecule has 0 aliphatic heterocycles. The van der Waals surface area contributed by atoms with E-state index in [2.05, 4.69) is 9.71 Å². The van der Waals surface area contributed by atoms with Crippen molar-refractivity contribution in [3.63, 3.8) is 0 Å². The van der Waals surface area contributed by atoms with E-state index in [9.17, 15) is 8.42 Å². The number of rotatable bonds is 9. The Labute approximate surface area is 175 Å². The Hall–Kier alpha value is -3.04. The number of nitrogens with one attached hydrogen (secondary N) is 1. The molecule has 3 aromatic rings. The maximum Gasteiger partial charge on any atom is 0.241 e. The Bertz CT molecular complexity index is 1120. The van der Waals surface area contributed by atoms with Crippen LogP contribution in [0.4, 0.5) is 0 Å². The highest BCUT2D eigenvalue weighted by Crippen LogP contribution is 2.38. The molecule has 2 aromatic carbocycles. The van der Waals surface area contributed by atoms with Crippen molar-refractivity contribution in [1.82, 2.24) is 9.71 Å². The second kappa shape index (κ2) is 9.19. The zero-order valence-electron chi connectivity index (χ0n) is 17.3. The van der Waals surface area contributed by atoms with Crippen LogP contribution in [0.2, 0.25) is 0 Å². The number of benzene rings is 2. The van der Waals surface area contributed by atoms with Crippen molar-refractivity contribution in [2.45, 2.75) is 18.4 Å². The normalized spacial score (nSPS) is 11.3. The smallest absolute Gasteiger partial charge is 0.241 e. The molecule has 8 nitrogen and oxygen atoms in total. The summed E-state index contributed by atoms with van der Waals surface area (Å²) in [5.41, 5.74) is 1.15. The molecule has 0 amide bonds. The quantitative estimate of drug-likeness (QED) is 0.555. The molecule has 0 aliphatic rings. The number of sulfonamides is 1. The monoisotopic (exact) mass is 432 g/mol. The van der Waals surface area contributed by atoms with Gasteiger partial charge in [0.2, 0.25) is 15.8 Å². The van der Waals surface area contributed by atoms with Crippen molar-refractivity contribution in [2.24, 2.45) is 0 Å². The predicted molar refractivity (Wildman–Crippen MR) is 113 cm³/mol. The van der Waals surface area contributed by atoms with Gasteiger partial charge < -0.3 is 18.9 Å². The molecule has 0 saturated heterocycles. The molecule has 160 valence electrons. The van der Waals surface area contributed by atoms with Crippen LogP contribution in [-0.2, 0) is 16.6 Å². The minimum absolute atomic E-state index is 0.0357. The molecule has 0 unspecified atom stereocenters. The lowest BCUT2D eigenvalue weighted by molar-refractivity contribution is 0.323. The van der Waals surface area contributed by atoms with Gasteiger partial charge in [-0.25, -0.2) is 13.1 Å². The fourth-order valence-electron chi connectivity index (χ4n) is 3.12. The average molecular weight is 432 g/mol. The van der Waals surface area contributed by atoms with Gasteiger partial charge in [-0.05, 0) is 48.9 Å². The van der Waals surface area contributed by atoms with Gasteiger partial charge in [0.05, 0.1) is 32.8 Å². The maximum atomic E-state index is 13.1. The number of nitrogens with zero attached hydrogens (tertiary/aromatic N) is 1. The van der Waals surface area contributed by atoms with E-state index in [1.165, 1.54) is 27.4 Å². The Morgan fingerprint density at radius 1 is 0.967 bits per heavy atom. The van der Waals surface area contributed by atoms with Gasteiger partial charge in [-0.3, -0.25) is 4.98 Å². The predicted octanol–water partition coefficient (Wildman–Crippen LogP) is 3.14. The van der Waals surface area contributed by atoms with Crippen molar-refractivity contribution in [3.05, 3.63) is 48.2 Å². The van der Waals surface area contributed by atoms with E-state index in [0.717, 1.165) is 0 Å². The molecule has 0 bridgehead atoms. The van der Waals surface area contributed by atoms with E-state index >= 15 is 0 Å². The summed E-state index contributed by atoms with van der Waals surface area (Å²) in [5, 5.41) is 0.487. The molecule has 3 rings (SSSR count). The molecule has 9 heteroatoms. The van der Waals surface area contributed by atoms with Crippen LogP contribution in [0.25, 0.3) is 10.9 Å². The summed E-state index contributed by atoms with van der Waals surface area (Å²) in [6.45, 7) is 2.35. The molecule has 0 spiro atoms. The number of pyridine rings is 1. The van der Waals surface area contributed by atoms with E-state index in [4.69, 9.17) is 18.9 Å². The van der Waals surface area contributed by atoms with Crippen LogP contribution in [0, 0.1) is 0 Å². The number of aromatic nitrogens is 1. The Morgan fingerprint density at radius 3 is 2.27 bits per heavy atom. The zero-order chi connectivity index (χ0) is 21.7. The highest BCUT2D eigenvalue weighted by molar-refractivity contribution is 7.89. The van der Waals surface area contributed by atoms with Gasteiger partial charge in [0.15, 0.2) is 11.5 Å². The summed E-state index contributed by atoms with van der Waals surface area (Å²) in [6, 6.07) is 9.93. The molecule has 0 saturated carbocycles. The second-order valence-corrected chi connectivity index (χ2v) is 7.99. The summed E-state index contributed by atoms with van der Waals surface area (Å²) in [7, 11) is 0.686. The minimum Gasteiger partial charge on any atom is -0.493 e. The van der Waals surface area contributed by atoms with E-state index < -0.39 is 10.0 Å². The Morgan fingerprint density at radius 2 is 1.67 bits per heavy atom. The maximum absolute atomic E-state index is 13.1. The van der Waals surface area contributed by atoms with Crippen molar-refractivity contribution < 1.29 is 27.4 Å². The van der Waals surface area contributed by atoms with Gasteiger partial charge in [-0.1, -0.05) is 0 Å². The summed E-state index contributed by atoms with van der Waals surface area (Å²) in [5.74, 6) is 1.87. The first-order valence-electron chi connectivity index (χ1n) is 9.24. The topological polar surface area (TPSA) is 96.0 Å². The fourth-order valence-corrected chi connectivity index (χ4v) is 4.33. The molecule has 1 aromatic heterocycles. The summed E-state index contributed by atoms with van der Waals surface area (Å²) in [4.78, 5) is 4.42. The van der Waals surface area contributed by atoms with Gasteiger partial charge in [-0.15, -0.1) is 0 Å². The third-order valence-corrected chi connectivity index (χ3v) is 5.93. The van der Waals surface area contributed by atoms with Gasteiger partial charge in [0.25, 0.3) is 0 Å². The van der Waals surface area contributed by atoms with Crippen LogP contribution in [0.3, 0.4) is 0 Å². The number of methoxy groups -OCH3 is 3. The molecule has 0 fully saturated rings. The van der Waals surface area contributed by atoms with Gasteiger partial charge >= 0.3 is 0 Å². The summed E-state index contributed by atoms with van der Waals surface area (Å²) >= 11 is 0. The SMILES string of the molecule is CCOc1ccc(S(=O)(=O)NCc2cc(OC)c(OC)c(OC)c2)c2cccnc12. The van der Waals surface area contributed by atoms with E-state index in [1.807, 2.05) is 6.92 Å². The molecule has 1 heterocycles. The fraction of sp³-hybridized carbons (Fsp3) is 0.286. The van der Waals surface area contributed by atoms with Crippen molar-refractivity contribution in [2.75, 3.05) is 27.9 Å². The van der Waals surface area contributed by atoms with Crippen molar-refractivity contribution >= 4 is 20.9 Å². The third-order valence-electron chi connectivity index (χ3n) is 4.47. The third kappa shape index (κ3) is 4.27. The van der Waals surface area contributed by atoms with Crippen LogP contribution in [0.1, 0.15) is 12.5 Å². The lowest BCUT2D eigenvalue weighted by atomic mass is 10.2. The van der Waals surface area contributed by atoms with Gasteiger partial charge in [0.1, 0.15) is 11.3 Å². The van der Waals surface area contributed by atoms with Crippen LogP contribution in [0.15, 0.2) is 47.5 Å². The first kappa shape index (κ1) is 21.7. The molecule has 0 atom stereocenters. The first-order valence-corrected chi connectivity index (χ1v) is 10.7. The first-order chi connectivity index (χ1) is 14.4.